The lowest BCUT2D eigenvalue weighted by Gasteiger charge is -2.12. The minimum atomic E-state index is -0.567. The lowest BCUT2D eigenvalue weighted by Crippen LogP contribution is -2.37. The number of hydrogen-bond donors (Lipinski definition) is 2. The summed E-state index contributed by atoms with van der Waals surface area (Å²) in [6.45, 7) is 1.92. The number of carbonyl (C=O) groups excluding carboxylic acids is 1. The summed E-state index contributed by atoms with van der Waals surface area (Å²) in [5, 5.41) is 2.78. The van der Waals surface area contributed by atoms with Crippen LogP contribution in [0.4, 0.5) is 5.69 Å². The Morgan fingerprint density at radius 2 is 2.05 bits per heavy atom. The summed E-state index contributed by atoms with van der Waals surface area (Å²) in [4.78, 5) is 16.0. The van der Waals surface area contributed by atoms with Crippen LogP contribution in [0, 0.1) is 6.92 Å². The van der Waals surface area contributed by atoms with Crippen LogP contribution in [-0.4, -0.2) is 16.9 Å². The highest BCUT2D eigenvalue weighted by molar-refractivity contribution is 5.94. The molecule has 0 fully saturated rings. The van der Waals surface area contributed by atoms with Crippen molar-refractivity contribution in [2.24, 2.45) is 5.73 Å². The maximum atomic E-state index is 12.0. The van der Waals surface area contributed by atoms with E-state index in [1.54, 1.807) is 12.4 Å². The first-order chi connectivity index (χ1) is 9.15. The third-order valence-electron chi connectivity index (χ3n) is 2.78. The molecule has 1 aromatic heterocycles. The summed E-state index contributed by atoms with van der Waals surface area (Å²) < 4.78 is 0. The predicted octanol–water partition coefficient (Wildman–Crippen LogP) is 1.90. The first-order valence-corrected chi connectivity index (χ1v) is 6.17. The van der Waals surface area contributed by atoms with Gasteiger partial charge in [-0.05, 0) is 30.5 Å². The summed E-state index contributed by atoms with van der Waals surface area (Å²) >= 11 is 0. The van der Waals surface area contributed by atoms with Crippen molar-refractivity contribution in [3.05, 3.63) is 59.9 Å². The number of pyridine rings is 1. The highest BCUT2D eigenvalue weighted by atomic mass is 16.2. The highest BCUT2D eigenvalue weighted by Crippen LogP contribution is 2.08. The molecule has 1 aromatic carbocycles. The first kappa shape index (κ1) is 13.2. The molecular weight excluding hydrogens is 238 g/mol. The highest BCUT2D eigenvalue weighted by Gasteiger charge is 2.14. The summed E-state index contributed by atoms with van der Waals surface area (Å²) in [6.07, 6.45) is 3.87. The second kappa shape index (κ2) is 6.11. The Morgan fingerprint density at radius 3 is 2.74 bits per heavy atom. The fourth-order valence-corrected chi connectivity index (χ4v) is 1.82. The third-order valence-corrected chi connectivity index (χ3v) is 2.78. The van der Waals surface area contributed by atoms with Gasteiger partial charge in [-0.25, -0.2) is 0 Å². The third kappa shape index (κ3) is 3.89. The molecule has 0 unspecified atom stereocenters. The van der Waals surface area contributed by atoms with E-state index in [0.717, 1.165) is 11.1 Å². The van der Waals surface area contributed by atoms with Crippen molar-refractivity contribution < 1.29 is 4.79 Å². The maximum absolute atomic E-state index is 12.0. The first-order valence-electron chi connectivity index (χ1n) is 6.17. The molecule has 19 heavy (non-hydrogen) atoms. The molecular formula is C15H17N3O. The van der Waals surface area contributed by atoms with Gasteiger partial charge in [-0.3, -0.25) is 9.78 Å². The average molecular weight is 255 g/mol. The number of aromatic nitrogens is 1. The minimum absolute atomic E-state index is 0.198. The fourth-order valence-electron chi connectivity index (χ4n) is 1.82. The van der Waals surface area contributed by atoms with E-state index >= 15 is 0 Å². The van der Waals surface area contributed by atoms with Crippen LogP contribution in [0.15, 0.2) is 48.8 Å². The van der Waals surface area contributed by atoms with Gasteiger partial charge in [-0.2, -0.15) is 0 Å². The van der Waals surface area contributed by atoms with Crippen LogP contribution in [0.5, 0.6) is 0 Å². The molecule has 4 heteroatoms. The number of nitrogens with two attached hydrogens (primary N) is 1. The zero-order valence-corrected chi connectivity index (χ0v) is 10.8. The summed E-state index contributed by atoms with van der Waals surface area (Å²) in [7, 11) is 0. The second-order valence-corrected chi connectivity index (χ2v) is 4.54. The van der Waals surface area contributed by atoms with Gasteiger partial charge in [0.2, 0.25) is 5.91 Å². The molecule has 98 valence electrons. The molecule has 4 nitrogen and oxygen atoms in total. The van der Waals surface area contributed by atoms with Gasteiger partial charge in [-0.1, -0.05) is 30.3 Å². The molecule has 1 atom stereocenters. The van der Waals surface area contributed by atoms with Crippen molar-refractivity contribution in [1.29, 1.82) is 0 Å². The monoisotopic (exact) mass is 255 g/mol. The zero-order chi connectivity index (χ0) is 13.7. The number of carbonyl (C=O) groups is 1. The number of hydrogen-bond acceptors (Lipinski definition) is 3. The molecule has 0 aliphatic carbocycles. The van der Waals surface area contributed by atoms with Crippen molar-refractivity contribution in [2.45, 2.75) is 19.4 Å². The van der Waals surface area contributed by atoms with E-state index < -0.39 is 6.04 Å². The van der Waals surface area contributed by atoms with Crippen molar-refractivity contribution >= 4 is 11.6 Å². The zero-order valence-electron chi connectivity index (χ0n) is 10.8. The summed E-state index contributed by atoms with van der Waals surface area (Å²) in [5.74, 6) is -0.198. The van der Waals surface area contributed by atoms with Crippen LogP contribution in [0.1, 0.15) is 11.1 Å². The van der Waals surface area contributed by atoms with Gasteiger partial charge < -0.3 is 11.1 Å². The van der Waals surface area contributed by atoms with E-state index in [2.05, 4.69) is 10.3 Å². The number of benzene rings is 1. The number of rotatable bonds is 4. The van der Waals surface area contributed by atoms with Gasteiger partial charge in [-0.15, -0.1) is 0 Å². The number of anilines is 1. The molecule has 0 saturated carbocycles. The van der Waals surface area contributed by atoms with Crippen molar-refractivity contribution in [1.82, 2.24) is 4.98 Å². The van der Waals surface area contributed by atoms with E-state index in [0.29, 0.717) is 12.1 Å². The van der Waals surface area contributed by atoms with Gasteiger partial charge in [0.1, 0.15) is 0 Å². The Bertz CT molecular complexity index is 554. The van der Waals surface area contributed by atoms with Gasteiger partial charge in [0.05, 0.1) is 17.9 Å². The molecule has 3 N–H and O–H groups in total. The van der Waals surface area contributed by atoms with Gasteiger partial charge in [0, 0.05) is 6.20 Å². The van der Waals surface area contributed by atoms with Crippen LogP contribution in [-0.2, 0) is 11.2 Å². The van der Waals surface area contributed by atoms with Gasteiger partial charge in [0.25, 0.3) is 0 Å². The molecule has 0 spiro atoms. The quantitative estimate of drug-likeness (QED) is 0.876. The lowest BCUT2D eigenvalue weighted by atomic mass is 10.1. The summed E-state index contributed by atoms with van der Waals surface area (Å²) in [6, 6.07) is 11.0. The van der Waals surface area contributed by atoms with Gasteiger partial charge >= 0.3 is 0 Å². The largest absolute Gasteiger partial charge is 0.323 e. The Morgan fingerprint density at radius 1 is 1.32 bits per heavy atom. The van der Waals surface area contributed by atoms with Gasteiger partial charge in [0.15, 0.2) is 0 Å². The number of aryl methyl sites for hydroxylation is 1. The second-order valence-electron chi connectivity index (χ2n) is 4.54. The Labute approximate surface area is 112 Å². The van der Waals surface area contributed by atoms with Crippen LogP contribution < -0.4 is 11.1 Å². The SMILES string of the molecule is Cc1cncc(NC(=O)[C@@H](N)Cc2ccccc2)c1. The molecule has 0 saturated heterocycles. The van der Waals surface area contributed by atoms with E-state index in [1.165, 1.54) is 0 Å². The van der Waals surface area contributed by atoms with Crippen LogP contribution in [0.25, 0.3) is 0 Å². The number of amides is 1. The van der Waals surface area contributed by atoms with Crippen LogP contribution >= 0.6 is 0 Å². The van der Waals surface area contributed by atoms with E-state index in [9.17, 15) is 4.79 Å². The summed E-state index contributed by atoms with van der Waals surface area (Å²) in [5.41, 5.74) is 8.62. The molecule has 0 aliphatic heterocycles. The van der Waals surface area contributed by atoms with E-state index in [-0.39, 0.29) is 5.91 Å². The molecule has 0 bridgehead atoms. The number of nitrogens with one attached hydrogen (secondary N) is 1. The minimum Gasteiger partial charge on any atom is -0.323 e. The van der Waals surface area contributed by atoms with Crippen molar-refractivity contribution in [3.8, 4) is 0 Å². The Balaban J connectivity index is 1.96. The van der Waals surface area contributed by atoms with E-state index in [4.69, 9.17) is 5.73 Å². The Kier molecular flexibility index (Phi) is 4.26. The van der Waals surface area contributed by atoms with Crippen molar-refractivity contribution in [2.75, 3.05) is 5.32 Å². The predicted molar refractivity (Wildman–Crippen MR) is 75.7 cm³/mol. The normalized spacial score (nSPS) is 11.9. The van der Waals surface area contributed by atoms with Crippen LogP contribution in [0.3, 0.4) is 0 Å². The Hall–Kier alpha value is -2.20. The maximum Gasteiger partial charge on any atom is 0.241 e. The standard InChI is InChI=1S/C15H17N3O/c1-11-7-13(10-17-9-11)18-15(19)14(16)8-12-5-3-2-4-6-12/h2-7,9-10,14H,8,16H2,1H3,(H,18,19)/t14-/m0/s1. The van der Waals surface area contributed by atoms with Crippen LogP contribution in [0.2, 0.25) is 0 Å². The molecule has 0 radical (unpaired) electrons. The molecule has 2 aromatic rings. The van der Waals surface area contributed by atoms with Crippen molar-refractivity contribution in [3.63, 3.8) is 0 Å². The number of nitrogens with zero attached hydrogens (tertiary/aromatic N) is 1. The molecule has 1 amide bonds. The fraction of sp³-hybridized carbons (Fsp3) is 0.200. The van der Waals surface area contributed by atoms with E-state index in [1.807, 2.05) is 43.3 Å². The molecule has 0 aliphatic rings. The molecule has 2 rings (SSSR count). The topological polar surface area (TPSA) is 68.0 Å². The smallest absolute Gasteiger partial charge is 0.241 e. The molecule has 1 heterocycles. The lowest BCUT2D eigenvalue weighted by molar-refractivity contribution is -0.117. The average Bonchev–Trinajstić information content (AvgIpc) is 2.40.